The van der Waals surface area contributed by atoms with Crippen LogP contribution in [0.1, 0.15) is 0 Å². The molecule has 5 nitrogen and oxygen atoms in total. The Balaban J connectivity index is 1.21. The van der Waals surface area contributed by atoms with Crippen LogP contribution in [0, 0.1) is 0 Å². The predicted octanol–water partition coefficient (Wildman–Crippen LogP) is 10.1. The van der Waals surface area contributed by atoms with E-state index in [4.69, 9.17) is 14.8 Å². The van der Waals surface area contributed by atoms with Gasteiger partial charge in [0.25, 0.3) is 0 Å². The van der Waals surface area contributed by atoms with Crippen molar-refractivity contribution < 1.29 is 9.47 Å². The van der Waals surface area contributed by atoms with Gasteiger partial charge in [-0.3, -0.25) is 0 Å². The molecule has 2 radical (unpaired) electrons. The number of benzene rings is 6. The second-order valence-corrected chi connectivity index (χ2v) is 9.98. The van der Waals surface area contributed by atoms with E-state index in [2.05, 4.69) is 76.9 Å². The summed E-state index contributed by atoms with van der Waals surface area (Å²) in [6, 6.07) is 51.3. The summed E-state index contributed by atoms with van der Waals surface area (Å²) in [5, 5.41) is 8.28. The van der Waals surface area contributed by atoms with Crippen molar-refractivity contribution in [1.29, 1.82) is 0 Å². The minimum absolute atomic E-state index is 0.818. The number of para-hydroxylation sites is 1. The number of methoxy groups -OCH3 is 2. The van der Waals surface area contributed by atoms with Crippen molar-refractivity contribution in [3.63, 3.8) is 0 Å². The topological polar surface area (TPSA) is 50.5 Å². The average molecular weight is 563 g/mol. The number of ether oxygens (including phenoxy) is 2. The van der Waals surface area contributed by atoms with E-state index in [-0.39, 0.29) is 0 Å². The Morgan fingerprint density at radius 3 is 1.56 bits per heavy atom. The van der Waals surface area contributed by atoms with Gasteiger partial charge in [-0.1, -0.05) is 35.2 Å². The van der Waals surface area contributed by atoms with Crippen LogP contribution in [-0.2, 0) is 0 Å². The molecule has 6 aromatic rings. The summed E-state index contributed by atoms with van der Waals surface area (Å²) in [4.78, 5) is 2.21. The molecule has 6 aromatic carbocycles. The molecule has 0 aliphatic heterocycles. The minimum atomic E-state index is 0.818. The number of rotatable bonds is 10. The van der Waals surface area contributed by atoms with Crippen LogP contribution in [0.3, 0.4) is 0 Å². The molecule has 0 aliphatic rings. The molecule has 0 aliphatic carbocycles. The number of anilines is 5. The first-order valence-corrected chi connectivity index (χ1v) is 14.1. The number of hydrogen-bond acceptors (Lipinski definition) is 4. The summed E-state index contributed by atoms with van der Waals surface area (Å²) in [6.07, 6.45) is 0. The molecule has 0 heterocycles. The number of nitrogens with one attached hydrogen (secondary N) is 1. The van der Waals surface area contributed by atoms with E-state index in [9.17, 15) is 0 Å². The molecule has 0 saturated carbocycles. The lowest BCUT2D eigenvalue weighted by atomic mass is 10.0. The molecule has 0 atom stereocenters. The highest BCUT2D eigenvalue weighted by Gasteiger charge is 2.26. The van der Waals surface area contributed by atoms with Crippen molar-refractivity contribution in [3.05, 3.63) is 152 Å². The summed E-state index contributed by atoms with van der Waals surface area (Å²) in [5.41, 5.74) is 9.23. The smallest absolute Gasteiger partial charge is 0.192 e. The summed E-state index contributed by atoms with van der Waals surface area (Å²) in [5.74, 6) is 1.64. The minimum Gasteiger partial charge on any atom is -0.497 e. The van der Waals surface area contributed by atoms with Crippen LogP contribution >= 0.6 is 0 Å². The van der Waals surface area contributed by atoms with Gasteiger partial charge in [-0.25, -0.2) is 5.32 Å². The summed E-state index contributed by atoms with van der Waals surface area (Å²) >= 11 is 0. The molecule has 0 bridgehead atoms. The highest BCUT2D eigenvalue weighted by molar-refractivity contribution is 5.72. The molecular weight excluding hydrogens is 530 g/mol. The molecule has 0 fully saturated rings. The van der Waals surface area contributed by atoms with Crippen molar-refractivity contribution in [3.8, 4) is 22.6 Å². The quantitative estimate of drug-likeness (QED) is 0.169. The largest absolute Gasteiger partial charge is 0.497 e. The van der Waals surface area contributed by atoms with E-state index < -0.39 is 0 Å². The summed E-state index contributed by atoms with van der Waals surface area (Å²) in [6.45, 7) is 0. The fraction of sp³-hybridized carbons (Fsp3) is 0.0526. The van der Waals surface area contributed by atoms with Crippen molar-refractivity contribution in [2.75, 3.05) is 19.5 Å². The first kappa shape index (κ1) is 27.6. The number of nitrogens with zero attached hydrogens (tertiary/aromatic N) is 2. The van der Waals surface area contributed by atoms with Crippen LogP contribution < -0.4 is 25.0 Å². The van der Waals surface area contributed by atoms with Gasteiger partial charge in [0.1, 0.15) is 11.5 Å². The van der Waals surface area contributed by atoms with Crippen LogP contribution in [0.5, 0.6) is 11.5 Å². The Morgan fingerprint density at radius 2 is 1.00 bits per heavy atom. The maximum atomic E-state index is 5.38. The van der Waals surface area contributed by atoms with Gasteiger partial charge in [0, 0.05) is 47.8 Å². The predicted molar refractivity (Wildman–Crippen MR) is 177 cm³/mol. The third-order valence-electron chi connectivity index (χ3n) is 7.15. The normalized spacial score (nSPS) is 10.8. The molecule has 0 aromatic heterocycles. The lowest BCUT2D eigenvalue weighted by molar-refractivity contribution is 0.414. The van der Waals surface area contributed by atoms with E-state index in [1.807, 2.05) is 84.9 Å². The Hall–Kier alpha value is -5.52. The average Bonchev–Trinajstić information content (AvgIpc) is 3.07. The van der Waals surface area contributed by atoms with Crippen molar-refractivity contribution in [2.45, 2.75) is 0 Å². The number of hydrogen-bond donors (Lipinski definition) is 1. The maximum absolute atomic E-state index is 5.38. The molecule has 6 rings (SSSR count). The van der Waals surface area contributed by atoms with Gasteiger partial charge in [-0.15, -0.1) is 0 Å². The third-order valence-corrected chi connectivity index (χ3v) is 7.15. The van der Waals surface area contributed by atoms with E-state index in [0.29, 0.717) is 0 Å². The molecule has 0 amide bonds. The zero-order valence-electron chi connectivity index (χ0n) is 24.1. The molecule has 0 saturated heterocycles. The van der Waals surface area contributed by atoms with Gasteiger partial charge in [0.05, 0.1) is 25.6 Å². The fourth-order valence-electron chi connectivity index (χ4n) is 4.92. The molecule has 0 unspecified atom stereocenters. The van der Waals surface area contributed by atoms with Crippen molar-refractivity contribution in [1.82, 2.24) is 10.2 Å². The van der Waals surface area contributed by atoms with Gasteiger partial charge in [0.15, 0.2) is 17.1 Å². The van der Waals surface area contributed by atoms with Crippen molar-refractivity contribution >= 4 is 39.8 Å². The highest BCUT2D eigenvalue weighted by Crippen LogP contribution is 2.37. The van der Waals surface area contributed by atoms with Gasteiger partial charge in [-0.2, -0.15) is 0 Å². The van der Waals surface area contributed by atoms with Gasteiger partial charge >= 0.3 is 0 Å². The second-order valence-electron chi connectivity index (χ2n) is 9.98. The van der Waals surface area contributed by atoms with Crippen LogP contribution in [0.15, 0.2) is 152 Å². The van der Waals surface area contributed by atoms with E-state index in [1.54, 1.807) is 14.2 Å². The van der Waals surface area contributed by atoms with E-state index >= 15 is 0 Å². The van der Waals surface area contributed by atoms with Crippen LogP contribution in [-0.4, -0.2) is 14.2 Å². The molecular formula is C38H32N3O2+. The van der Waals surface area contributed by atoms with Gasteiger partial charge in [-0.05, 0) is 96.1 Å². The van der Waals surface area contributed by atoms with Gasteiger partial charge in [0.2, 0.25) is 0 Å². The second kappa shape index (κ2) is 13.0. The Bertz CT molecular complexity index is 1700. The van der Waals surface area contributed by atoms with E-state index in [1.165, 1.54) is 0 Å². The highest BCUT2D eigenvalue weighted by atomic mass is 16.5. The lowest BCUT2D eigenvalue weighted by Crippen LogP contribution is -2.11. The Labute approximate surface area is 253 Å². The van der Waals surface area contributed by atoms with Crippen LogP contribution in [0.25, 0.3) is 11.1 Å². The molecule has 210 valence electrons. The molecule has 1 N–H and O–H groups in total. The first-order chi connectivity index (χ1) is 21.2. The summed E-state index contributed by atoms with van der Waals surface area (Å²) < 4.78 is 10.8. The fourth-order valence-corrected chi connectivity index (χ4v) is 4.92. The van der Waals surface area contributed by atoms with E-state index in [0.717, 1.165) is 62.4 Å². The maximum Gasteiger partial charge on any atom is 0.192 e. The lowest BCUT2D eigenvalue weighted by Gasteiger charge is -2.13. The van der Waals surface area contributed by atoms with Crippen LogP contribution in [0.2, 0.25) is 0 Å². The summed E-state index contributed by atoms with van der Waals surface area (Å²) in [7, 11) is 3.36. The zero-order valence-corrected chi connectivity index (χ0v) is 24.1. The molecule has 43 heavy (non-hydrogen) atoms. The van der Waals surface area contributed by atoms with Gasteiger partial charge < -0.3 is 14.8 Å². The standard InChI is InChI=1S/C38H32N3O2/c1-42-37-23-19-35(20-24-37)41(36-21-25-38(43-2)26-22-36)34-17-11-28(12-18-34)29-7-6-10-33(27-29)40-32-15-13-31(14-16-32)39-30-8-4-3-5-9-30/h3-27,39H,1-2H3/q+1. The van der Waals surface area contributed by atoms with Crippen LogP contribution in [0.4, 0.5) is 39.8 Å². The zero-order chi connectivity index (χ0) is 29.4. The Morgan fingerprint density at radius 1 is 0.465 bits per heavy atom. The monoisotopic (exact) mass is 562 g/mol. The molecule has 5 heteroatoms. The van der Waals surface area contributed by atoms with Crippen molar-refractivity contribution in [2.24, 2.45) is 0 Å². The third kappa shape index (κ3) is 6.70. The first-order valence-electron chi connectivity index (χ1n) is 14.1. The Kier molecular flexibility index (Phi) is 8.34. The molecule has 0 spiro atoms. The SMILES string of the molecule is COc1ccc([N+](c2ccc(OC)cc2)c2ccc(-c3cccc([N]c4ccc(Nc5ccccc5)cc4)c3)cc2)cc1.